The lowest BCUT2D eigenvalue weighted by Crippen LogP contribution is -2.60. The van der Waals surface area contributed by atoms with Gasteiger partial charge in [0.15, 0.2) is 0 Å². The van der Waals surface area contributed by atoms with E-state index in [2.05, 4.69) is 21.3 Å². The monoisotopic (exact) mass is 649 g/mol. The van der Waals surface area contributed by atoms with Crippen LogP contribution in [0.1, 0.15) is 70.8 Å². The van der Waals surface area contributed by atoms with Crippen molar-refractivity contribution >= 4 is 35.6 Å². The minimum atomic E-state index is -1.41. The van der Waals surface area contributed by atoms with E-state index in [-0.39, 0.29) is 25.2 Å². The smallest absolute Gasteiger partial charge is 0.326 e. The first-order valence-electron chi connectivity index (χ1n) is 15.7. The van der Waals surface area contributed by atoms with Crippen molar-refractivity contribution < 1.29 is 39.0 Å². The summed E-state index contributed by atoms with van der Waals surface area (Å²) in [7, 11) is 0. The Morgan fingerprint density at radius 3 is 1.76 bits per heavy atom. The Labute approximate surface area is 269 Å². The molecule has 1 aromatic carbocycles. The number of hydrogen-bond donors (Lipinski definition) is 9. The highest BCUT2D eigenvalue weighted by Gasteiger charge is 2.33. The fraction of sp³-hybridized carbons (Fsp3) is 0.613. The van der Waals surface area contributed by atoms with Gasteiger partial charge in [0.1, 0.15) is 24.2 Å². The molecule has 46 heavy (non-hydrogen) atoms. The zero-order valence-electron chi connectivity index (χ0n) is 26.7. The first kappa shape index (κ1) is 39.9. The molecule has 4 amide bonds. The van der Waals surface area contributed by atoms with Crippen molar-refractivity contribution in [2.75, 3.05) is 13.1 Å². The molecule has 12 N–H and O–H groups in total. The second kappa shape index (κ2) is 21.6. The van der Waals surface area contributed by atoms with Gasteiger partial charge in [0, 0.05) is 6.42 Å². The quantitative estimate of drug-likeness (QED) is 0.0673. The van der Waals surface area contributed by atoms with E-state index in [9.17, 15) is 33.9 Å². The molecule has 0 fully saturated rings. The number of aliphatic carboxylic acids is 2. The molecule has 1 rings (SSSR count). The maximum Gasteiger partial charge on any atom is 0.326 e. The van der Waals surface area contributed by atoms with E-state index in [1.54, 1.807) is 37.3 Å². The Balaban J connectivity index is 3.23. The number of carbonyl (C=O) groups is 6. The van der Waals surface area contributed by atoms with Gasteiger partial charge in [-0.3, -0.25) is 24.0 Å². The Kier molecular flexibility index (Phi) is 18.8. The van der Waals surface area contributed by atoms with Gasteiger partial charge in [0.2, 0.25) is 23.6 Å². The Morgan fingerprint density at radius 1 is 0.717 bits per heavy atom. The zero-order valence-corrected chi connectivity index (χ0v) is 26.7. The summed E-state index contributed by atoms with van der Waals surface area (Å²) in [6.45, 7) is 4.28. The SMILES string of the molecule is CCC(C)C(NC(=O)C(CCCCN)NC(=O)C(Cc1ccccc1)NC(=O)C(N)CC(=O)O)C(=O)NC(CCCCN)C(=O)O. The Hall–Kier alpha value is -4.08. The molecule has 6 unspecified atom stereocenters. The van der Waals surface area contributed by atoms with Gasteiger partial charge in [-0.25, -0.2) is 4.79 Å². The zero-order chi connectivity index (χ0) is 34.6. The van der Waals surface area contributed by atoms with Gasteiger partial charge in [-0.2, -0.15) is 0 Å². The van der Waals surface area contributed by atoms with Gasteiger partial charge in [-0.1, -0.05) is 50.6 Å². The van der Waals surface area contributed by atoms with Crippen LogP contribution in [0.2, 0.25) is 0 Å². The first-order chi connectivity index (χ1) is 21.8. The average molecular weight is 650 g/mol. The van der Waals surface area contributed by atoms with Crippen molar-refractivity contribution in [2.24, 2.45) is 23.1 Å². The lowest BCUT2D eigenvalue weighted by molar-refractivity contribution is -0.143. The topological polar surface area (TPSA) is 269 Å². The van der Waals surface area contributed by atoms with Crippen LogP contribution in [0.4, 0.5) is 0 Å². The molecule has 0 bridgehead atoms. The highest BCUT2D eigenvalue weighted by molar-refractivity contribution is 5.96. The van der Waals surface area contributed by atoms with Crippen LogP contribution in [0.15, 0.2) is 30.3 Å². The Morgan fingerprint density at radius 2 is 1.24 bits per heavy atom. The minimum Gasteiger partial charge on any atom is -0.481 e. The van der Waals surface area contributed by atoms with Crippen molar-refractivity contribution in [3.05, 3.63) is 35.9 Å². The maximum atomic E-state index is 13.6. The summed E-state index contributed by atoms with van der Waals surface area (Å²) in [5, 5.41) is 29.1. The van der Waals surface area contributed by atoms with Crippen molar-refractivity contribution in [2.45, 2.75) is 102 Å². The lowest BCUT2D eigenvalue weighted by Gasteiger charge is -2.29. The number of benzene rings is 1. The molecule has 0 aromatic heterocycles. The van der Waals surface area contributed by atoms with Crippen LogP contribution in [0.3, 0.4) is 0 Å². The lowest BCUT2D eigenvalue weighted by atomic mass is 9.96. The van der Waals surface area contributed by atoms with E-state index < -0.39 is 72.2 Å². The van der Waals surface area contributed by atoms with Gasteiger partial charge in [-0.05, 0) is 63.1 Å². The maximum absolute atomic E-state index is 13.6. The summed E-state index contributed by atoms with van der Waals surface area (Å²) >= 11 is 0. The third kappa shape index (κ3) is 14.8. The second-order valence-electron chi connectivity index (χ2n) is 11.4. The van der Waals surface area contributed by atoms with Crippen LogP contribution in [0, 0.1) is 5.92 Å². The molecule has 0 aliphatic carbocycles. The molecule has 0 aliphatic heterocycles. The molecule has 0 spiro atoms. The predicted molar refractivity (Wildman–Crippen MR) is 171 cm³/mol. The number of nitrogens with two attached hydrogens (primary N) is 3. The van der Waals surface area contributed by atoms with E-state index in [0.29, 0.717) is 50.8 Å². The molecule has 1 aromatic rings. The molecule has 0 saturated carbocycles. The first-order valence-corrected chi connectivity index (χ1v) is 15.7. The van der Waals surface area contributed by atoms with Crippen molar-refractivity contribution in [1.82, 2.24) is 21.3 Å². The molecule has 0 aliphatic rings. The standard InChI is InChI=1S/C31H51N7O8/c1-3-19(2)26(30(44)36-23(31(45)46)14-8-10-16-33)38-28(42)22(13-7-9-15-32)35-29(43)24(17-20-11-5-4-6-12-20)37-27(41)21(34)18-25(39)40/h4-6,11-12,19,21-24,26H,3,7-10,13-18,32-34H2,1-2H3,(H,35,43)(H,36,44)(H,37,41)(H,38,42)(H,39,40)(H,45,46). The highest BCUT2D eigenvalue weighted by Crippen LogP contribution is 2.12. The van der Waals surface area contributed by atoms with Crippen LogP contribution in [-0.4, -0.2) is 89.1 Å². The number of carboxylic acid groups (broad SMARTS) is 2. The number of carboxylic acids is 2. The number of amides is 4. The third-order valence-electron chi connectivity index (χ3n) is 7.58. The molecule has 0 saturated heterocycles. The summed E-state index contributed by atoms with van der Waals surface area (Å²) in [6, 6.07) is 2.73. The number of nitrogens with one attached hydrogen (secondary N) is 4. The largest absolute Gasteiger partial charge is 0.481 e. The summed E-state index contributed by atoms with van der Waals surface area (Å²) in [5.41, 5.74) is 17.6. The van der Waals surface area contributed by atoms with E-state index in [1.165, 1.54) is 0 Å². The number of unbranched alkanes of at least 4 members (excludes halogenated alkanes) is 2. The van der Waals surface area contributed by atoms with Crippen LogP contribution in [0.25, 0.3) is 0 Å². The molecular weight excluding hydrogens is 598 g/mol. The Bertz CT molecular complexity index is 1140. The van der Waals surface area contributed by atoms with Crippen molar-refractivity contribution in [1.29, 1.82) is 0 Å². The summed E-state index contributed by atoms with van der Waals surface area (Å²) in [5.74, 6) is -5.79. The number of hydrogen-bond acceptors (Lipinski definition) is 9. The number of carbonyl (C=O) groups excluding carboxylic acids is 4. The minimum absolute atomic E-state index is 0.0218. The summed E-state index contributed by atoms with van der Waals surface area (Å²) in [6.07, 6.45) is 2.26. The van der Waals surface area contributed by atoms with Gasteiger partial charge in [0.05, 0.1) is 12.5 Å². The summed E-state index contributed by atoms with van der Waals surface area (Å²) in [4.78, 5) is 76.1. The third-order valence-corrected chi connectivity index (χ3v) is 7.58. The van der Waals surface area contributed by atoms with E-state index in [0.717, 1.165) is 0 Å². The highest BCUT2D eigenvalue weighted by atomic mass is 16.4. The molecule has 0 radical (unpaired) electrons. The van der Waals surface area contributed by atoms with Crippen LogP contribution in [-0.2, 0) is 35.2 Å². The fourth-order valence-electron chi connectivity index (χ4n) is 4.62. The molecular formula is C31H51N7O8. The molecule has 258 valence electrons. The summed E-state index contributed by atoms with van der Waals surface area (Å²) < 4.78 is 0. The molecule has 15 heteroatoms. The second-order valence-corrected chi connectivity index (χ2v) is 11.4. The van der Waals surface area contributed by atoms with Gasteiger partial charge in [0.25, 0.3) is 0 Å². The van der Waals surface area contributed by atoms with Crippen LogP contribution in [0.5, 0.6) is 0 Å². The van der Waals surface area contributed by atoms with E-state index in [1.807, 2.05) is 6.92 Å². The normalized spacial score (nSPS) is 14.9. The van der Waals surface area contributed by atoms with E-state index in [4.69, 9.17) is 22.3 Å². The molecule has 15 nitrogen and oxygen atoms in total. The van der Waals surface area contributed by atoms with Gasteiger partial charge >= 0.3 is 11.9 Å². The number of rotatable bonds is 23. The molecule has 6 atom stereocenters. The van der Waals surface area contributed by atoms with Crippen molar-refractivity contribution in [3.8, 4) is 0 Å². The molecule has 0 heterocycles. The van der Waals surface area contributed by atoms with Crippen LogP contribution < -0.4 is 38.5 Å². The fourth-order valence-corrected chi connectivity index (χ4v) is 4.62. The van der Waals surface area contributed by atoms with Crippen LogP contribution >= 0.6 is 0 Å². The van der Waals surface area contributed by atoms with Gasteiger partial charge < -0.3 is 48.7 Å². The van der Waals surface area contributed by atoms with Gasteiger partial charge in [-0.15, -0.1) is 0 Å². The van der Waals surface area contributed by atoms with Crippen molar-refractivity contribution in [3.63, 3.8) is 0 Å². The predicted octanol–water partition coefficient (Wildman–Crippen LogP) is -0.641. The average Bonchev–Trinajstić information content (AvgIpc) is 3.01. The van der Waals surface area contributed by atoms with E-state index >= 15 is 0 Å².